The molecule has 0 aromatic heterocycles. The van der Waals surface area contributed by atoms with Crippen LogP contribution in [-0.4, -0.2) is 50.2 Å². The van der Waals surface area contributed by atoms with Gasteiger partial charge in [-0.15, -0.1) is 0 Å². The van der Waals surface area contributed by atoms with Crippen molar-refractivity contribution in [1.82, 2.24) is 9.62 Å². The largest absolute Gasteiger partial charge is 0.392 e. The summed E-state index contributed by atoms with van der Waals surface area (Å²) in [5.41, 5.74) is 5.40. The molecule has 0 radical (unpaired) electrons. The zero-order chi connectivity index (χ0) is 12.9. The Kier molecular flexibility index (Phi) is 6.39. The van der Waals surface area contributed by atoms with E-state index in [1.54, 1.807) is 6.92 Å². The third kappa shape index (κ3) is 4.73. The molecule has 0 rings (SSSR count). The predicted molar refractivity (Wildman–Crippen MR) is 70.9 cm³/mol. The van der Waals surface area contributed by atoms with Gasteiger partial charge in [0.25, 0.3) is 0 Å². The van der Waals surface area contributed by atoms with E-state index in [9.17, 15) is 8.42 Å². The van der Waals surface area contributed by atoms with Crippen LogP contribution in [0.3, 0.4) is 0 Å². The van der Waals surface area contributed by atoms with Gasteiger partial charge in [0.2, 0.25) is 10.0 Å². The Labute approximate surface area is 103 Å². The van der Waals surface area contributed by atoms with E-state index in [4.69, 9.17) is 18.0 Å². The van der Waals surface area contributed by atoms with Gasteiger partial charge in [-0.2, -0.15) is 0 Å². The summed E-state index contributed by atoms with van der Waals surface area (Å²) in [7, 11) is 0.342. The molecule has 0 spiro atoms. The number of nitrogens with one attached hydrogen (secondary N) is 1. The number of nitrogens with two attached hydrogens (primary N) is 1. The van der Waals surface area contributed by atoms with Crippen LogP contribution in [0.15, 0.2) is 0 Å². The summed E-state index contributed by atoms with van der Waals surface area (Å²) in [6, 6.07) is 0.124. The number of hydrogen-bond donors (Lipinski definition) is 2. The van der Waals surface area contributed by atoms with Crippen molar-refractivity contribution < 1.29 is 8.42 Å². The zero-order valence-electron chi connectivity index (χ0n) is 10.2. The maximum absolute atomic E-state index is 11.8. The van der Waals surface area contributed by atoms with Gasteiger partial charge in [-0.05, 0) is 27.4 Å². The van der Waals surface area contributed by atoms with Gasteiger partial charge in [0.15, 0.2) is 0 Å². The van der Waals surface area contributed by atoms with E-state index >= 15 is 0 Å². The monoisotopic (exact) mass is 267 g/mol. The summed E-state index contributed by atoms with van der Waals surface area (Å²) < 4.78 is 26.2. The van der Waals surface area contributed by atoms with Crippen LogP contribution in [0.5, 0.6) is 0 Å². The van der Waals surface area contributed by atoms with Gasteiger partial charge >= 0.3 is 0 Å². The highest BCUT2D eigenvalue weighted by Gasteiger charge is 2.26. The fourth-order valence-corrected chi connectivity index (χ4v) is 3.06. The molecule has 0 saturated carbocycles. The van der Waals surface area contributed by atoms with E-state index in [2.05, 4.69) is 4.72 Å². The van der Waals surface area contributed by atoms with Crippen LogP contribution in [0, 0.1) is 0 Å². The first-order valence-corrected chi connectivity index (χ1v) is 7.12. The van der Waals surface area contributed by atoms with Crippen molar-refractivity contribution in [3.05, 3.63) is 0 Å². The summed E-state index contributed by atoms with van der Waals surface area (Å²) in [5, 5.41) is -0.781. The molecule has 0 aliphatic heterocycles. The Morgan fingerprint density at radius 3 is 2.31 bits per heavy atom. The van der Waals surface area contributed by atoms with Gasteiger partial charge in [-0.3, -0.25) is 0 Å². The van der Waals surface area contributed by atoms with Gasteiger partial charge in [-0.25, -0.2) is 13.1 Å². The van der Waals surface area contributed by atoms with Gasteiger partial charge in [0.05, 0.1) is 4.99 Å². The second-order valence-electron chi connectivity index (χ2n) is 4.01. The summed E-state index contributed by atoms with van der Waals surface area (Å²) in [5.74, 6) is 0. The number of hydrogen-bond acceptors (Lipinski definition) is 4. The molecule has 0 heterocycles. The van der Waals surface area contributed by atoms with Crippen LogP contribution in [0.25, 0.3) is 0 Å². The van der Waals surface area contributed by atoms with Crippen molar-refractivity contribution in [2.45, 2.75) is 31.6 Å². The second kappa shape index (κ2) is 6.48. The molecule has 0 fully saturated rings. The van der Waals surface area contributed by atoms with Crippen molar-refractivity contribution in [1.29, 1.82) is 0 Å². The van der Waals surface area contributed by atoms with E-state index in [1.807, 2.05) is 25.9 Å². The van der Waals surface area contributed by atoms with Crippen LogP contribution in [0.4, 0.5) is 0 Å². The molecule has 96 valence electrons. The molecule has 16 heavy (non-hydrogen) atoms. The average Bonchev–Trinajstić information content (AvgIpc) is 2.13. The maximum Gasteiger partial charge on any atom is 0.221 e. The van der Waals surface area contributed by atoms with E-state index in [-0.39, 0.29) is 11.0 Å². The Morgan fingerprint density at radius 2 is 2.00 bits per heavy atom. The summed E-state index contributed by atoms with van der Waals surface area (Å²) >= 11 is 4.74. The number of likely N-dealkylation sites (N-methyl/N-ethyl adjacent to an activating group) is 1. The molecule has 0 aromatic rings. The topological polar surface area (TPSA) is 75.4 Å². The first-order valence-electron chi connectivity index (χ1n) is 5.16. The lowest BCUT2D eigenvalue weighted by Crippen LogP contribution is -2.45. The Bertz CT molecular complexity index is 328. The highest BCUT2D eigenvalue weighted by Crippen LogP contribution is 2.05. The van der Waals surface area contributed by atoms with Crippen LogP contribution in [-0.2, 0) is 10.0 Å². The molecular weight excluding hydrogens is 246 g/mol. The van der Waals surface area contributed by atoms with Crippen molar-refractivity contribution >= 4 is 27.2 Å². The van der Waals surface area contributed by atoms with Crippen molar-refractivity contribution in [3.8, 4) is 0 Å². The summed E-state index contributed by atoms with van der Waals surface area (Å²) in [4.78, 5) is 1.96. The molecule has 0 aliphatic carbocycles. The first kappa shape index (κ1) is 15.8. The molecule has 2 unspecified atom stereocenters. The SMILES string of the molecule is CCC(C(N)=S)S(=O)(=O)NCC(C)N(C)C. The molecule has 2 atom stereocenters. The smallest absolute Gasteiger partial charge is 0.221 e. The number of thiocarbonyl (C=S) groups is 1. The predicted octanol–water partition coefficient (Wildman–Crippen LogP) is -0.0794. The van der Waals surface area contributed by atoms with Gasteiger partial charge in [0.1, 0.15) is 5.25 Å². The third-order valence-electron chi connectivity index (χ3n) is 2.52. The molecule has 3 N–H and O–H groups in total. The highest BCUT2D eigenvalue weighted by atomic mass is 32.2. The molecule has 0 aliphatic rings. The maximum atomic E-state index is 11.8. The minimum atomic E-state index is -3.44. The molecule has 0 bridgehead atoms. The van der Waals surface area contributed by atoms with Crippen molar-refractivity contribution in [2.24, 2.45) is 5.73 Å². The second-order valence-corrected chi connectivity index (χ2v) is 6.42. The lowest BCUT2D eigenvalue weighted by molar-refractivity contribution is 0.313. The minimum absolute atomic E-state index is 0.0208. The summed E-state index contributed by atoms with van der Waals surface area (Å²) in [6.07, 6.45) is 0.390. The zero-order valence-corrected chi connectivity index (χ0v) is 11.9. The molecule has 0 saturated heterocycles. The molecule has 5 nitrogen and oxygen atoms in total. The number of nitrogens with zero attached hydrogens (tertiary/aromatic N) is 1. The number of sulfonamides is 1. The number of rotatable bonds is 7. The molecule has 0 amide bonds. The van der Waals surface area contributed by atoms with E-state index in [0.717, 1.165) is 0 Å². The molecule has 0 aromatic carbocycles. The average molecular weight is 267 g/mol. The third-order valence-corrected chi connectivity index (χ3v) is 4.86. The molecule has 7 heteroatoms. The molecular formula is C9H21N3O2S2. The van der Waals surface area contributed by atoms with Gasteiger partial charge in [0, 0.05) is 12.6 Å². The fourth-order valence-electron chi connectivity index (χ4n) is 1.09. The first-order chi connectivity index (χ1) is 7.22. The quantitative estimate of drug-likeness (QED) is 0.631. The fraction of sp³-hybridized carbons (Fsp3) is 0.889. The Morgan fingerprint density at radius 1 is 1.50 bits per heavy atom. The standard InChI is InChI=1S/C9H21N3O2S2/c1-5-8(9(10)15)16(13,14)11-6-7(2)12(3)4/h7-8,11H,5-6H2,1-4H3,(H2,10,15). The van der Waals surface area contributed by atoms with Gasteiger partial charge < -0.3 is 10.6 Å². The Hall–Kier alpha value is -0.240. The van der Waals surface area contributed by atoms with Crippen LogP contribution in [0.2, 0.25) is 0 Å². The van der Waals surface area contributed by atoms with E-state index < -0.39 is 15.3 Å². The normalized spacial score (nSPS) is 16.1. The van der Waals surface area contributed by atoms with E-state index in [0.29, 0.717) is 13.0 Å². The lowest BCUT2D eigenvalue weighted by atomic mass is 10.3. The van der Waals surface area contributed by atoms with Gasteiger partial charge in [-0.1, -0.05) is 19.1 Å². The van der Waals surface area contributed by atoms with E-state index in [1.165, 1.54) is 0 Å². The van der Waals surface area contributed by atoms with Crippen LogP contribution in [0.1, 0.15) is 20.3 Å². The highest BCUT2D eigenvalue weighted by molar-refractivity contribution is 7.93. The minimum Gasteiger partial charge on any atom is -0.392 e. The van der Waals surface area contributed by atoms with Crippen LogP contribution < -0.4 is 10.5 Å². The van der Waals surface area contributed by atoms with Crippen molar-refractivity contribution in [2.75, 3.05) is 20.6 Å². The van der Waals surface area contributed by atoms with Crippen molar-refractivity contribution in [3.63, 3.8) is 0 Å². The van der Waals surface area contributed by atoms with Crippen LogP contribution >= 0.6 is 12.2 Å². The lowest BCUT2D eigenvalue weighted by Gasteiger charge is -2.22. The summed E-state index contributed by atoms with van der Waals surface area (Å²) in [6.45, 7) is 4.04. The Balaban J connectivity index is 4.52.